The summed E-state index contributed by atoms with van der Waals surface area (Å²) < 4.78 is 10.4. The van der Waals surface area contributed by atoms with Gasteiger partial charge in [0.05, 0.1) is 31.9 Å². The Bertz CT molecular complexity index is 810. The van der Waals surface area contributed by atoms with Crippen molar-refractivity contribution in [2.24, 2.45) is 0 Å². The first-order valence-corrected chi connectivity index (χ1v) is 9.29. The molecule has 2 rings (SSSR count). The van der Waals surface area contributed by atoms with E-state index in [1.54, 1.807) is 38.3 Å². The number of carboxylic acid groups (broad SMARTS) is 1. The smallest absolute Gasteiger partial charge is 0.306 e. The number of nitrogens with one attached hydrogen (secondary N) is 1. The molecule has 6 nitrogen and oxygen atoms in total. The number of rotatable bonds is 9. The van der Waals surface area contributed by atoms with E-state index in [2.05, 4.69) is 5.32 Å². The van der Waals surface area contributed by atoms with Crippen molar-refractivity contribution < 1.29 is 24.2 Å². The Kier molecular flexibility index (Phi) is 7.12. The number of aliphatic carboxylic acids is 1. The van der Waals surface area contributed by atoms with Crippen LogP contribution in [0.25, 0.3) is 0 Å². The van der Waals surface area contributed by atoms with Crippen molar-refractivity contribution in [1.29, 1.82) is 0 Å². The molecule has 2 N–H and O–H groups in total. The Morgan fingerprint density at radius 2 is 1.70 bits per heavy atom. The molecule has 1 unspecified atom stereocenters. The first kappa shape index (κ1) is 20.6. The van der Waals surface area contributed by atoms with E-state index < -0.39 is 11.5 Å². The van der Waals surface area contributed by atoms with E-state index in [1.807, 2.05) is 24.3 Å². The minimum atomic E-state index is -1.05. The largest absolute Gasteiger partial charge is 0.497 e. The third-order valence-electron chi connectivity index (χ3n) is 4.04. The number of hydrogen-bond acceptors (Lipinski definition) is 5. The van der Waals surface area contributed by atoms with Crippen LogP contribution in [0.4, 0.5) is 0 Å². The zero-order valence-electron chi connectivity index (χ0n) is 15.5. The van der Waals surface area contributed by atoms with Gasteiger partial charge in [0.15, 0.2) is 0 Å². The molecule has 0 radical (unpaired) electrons. The van der Waals surface area contributed by atoms with Crippen molar-refractivity contribution in [3.05, 3.63) is 54.1 Å². The summed E-state index contributed by atoms with van der Waals surface area (Å²) in [4.78, 5) is 24.8. The molecule has 0 heterocycles. The van der Waals surface area contributed by atoms with Crippen LogP contribution in [0.3, 0.4) is 0 Å². The Morgan fingerprint density at radius 1 is 1.07 bits per heavy atom. The molecular weight excluding hydrogens is 366 g/mol. The summed E-state index contributed by atoms with van der Waals surface area (Å²) in [6.45, 7) is 1.70. The summed E-state index contributed by atoms with van der Waals surface area (Å²) >= 11 is 1.36. The lowest BCUT2D eigenvalue weighted by molar-refractivity contribution is -0.139. The van der Waals surface area contributed by atoms with Crippen LogP contribution in [0.1, 0.15) is 18.9 Å². The van der Waals surface area contributed by atoms with Gasteiger partial charge in [-0.25, -0.2) is 0 Å². The molecule has 0 aliphatic rings. The van der Waals surface area contributed by atoms with Crippen molar-refractivity contribution in [2.75, 3.05) is 20.0 Å². The van der Waals surface area contributed by atoms with Gasteiger partial charge in [0, 0.05) is 4.90 Å². The third kappa shape index (κ3) is 5.92. The average molecular weight is 389 g/mol. The van der Waals surface area contributed by atoms with E-state index in [-0.39, 0.29) is 18.1 Å². The summed E-state index contributed by atoms with van der Waals surface area (Å²) in [6, 6.07) is 14.5. The van der Waals surface area contributed by atoms with Crippen molar-refractivity contribution in [3.8, 4) is 11.5 Å². The van der Waals surface area contributed by atoms with Crippen LogP contribution in [0.2, 0.25) is 0 Å². The van der Waals surface area contributed by atoms with Gasteiger partial charge >= 0.3 is 5.97 Å². The van der Waals surface area contributed by atoms with Gasteiger partial charge < -0.3 is 19.9 Å². The Labute approximate surface area is 162 Å². The van der Waals surface area contributed by atoms with Crippen molar-refractivity contribution in [1.82, 2.24) is 5.32 Å². The second kappa shape index (κ2) is 9.32. The monoisotopic (exact) mass is 389 g/mol. The van der Waals surface area contributed by atoms with Crippen molar-refractivity contribution in [3.63, 3.8) is 0 Å². The molecule has 1 atom stereocenters. The van der Waals surface area contributed by atoms with Gasteiger partial charge in [-0.1, -0.05) is 18.2 Å². The quantitative estimate of drug-likeness (QED) is 0.640. The minimum absolute atomic E-state index is 0.159. The van der Waals surface area contributed by atoms with E-state index in [9.17, 15) is 14.7 Å². The number of thioether (sulfide) groups is 1. The third-order valence-corrected chi connectivity index (χ3v) is 5.03. The highest BCUT2D eigenvalue weighted by Crippen LogP contribution is 2.29. The van der Waals surface area contributed by atoms with Gasteiger partial charge in [0.2, 0.25) is 5.91 Å². The lowest BCUT2D eigenvalue weighted by Crippen LogP contribution is -2.45. The fraction of sp³-hybridized carbons (Fsp3) is 0.300. The minimum Gasteiger partial charge on any atom is -0.497 e. The number of carboxylic acids is 1. The highest BCUT2D eigenvalue weighted by molar-refractivity contribution is 8.00. The molecule has 2 aromatic carbocycles. The fourth-order valence-corrected chi connectivity index (χ4v) is 3.42. The molecule has 0 aliphatic carbocycles. The normalized spacial score (nSPS) is 12.7. The molecule has 1 amide bonds. The van der Waals surface area contributed by atoms with Gasteiger partial charge in [-0.15, -0.1) is 11.8 Å². The molecule has 0 saturated carbocycles. The Hall–Kier alpha value is -2.67. The Morgan fingerprint density at radius 3 is 2.33 bits per heavy atom. The van der Waals surface area contributed by atoms with E-state index in [0.717, 1.165) is 4.90 Å². The number of carbonyl (C=O) groups excluding carboxylic acids is 1. The van der Waals surface area contributed by atoms with E-state index in [0.29, 0.717) is 17.1 Å². The second-order valence-electron chi connectivity index (χ2n) is 6.15. The standard InChI is InChI=1S/C20H23NO5S/c1-20(12-19(23)24,14-6-4-7-15(10-14)25-2)21-18(22)13-27-17-9-5-8-16(11-17)26-3/h4-11H,12-13H2,1-3H3,(H,21,22)(H,23,24). The van der Waals surface area contributed by atoms with Gasteiger partial charge in [0.1, 0.15) is 11.5 Å². The summed E-state index contributed by atoms with van der Waals surface area (Å²) in [7, 11) is 3.12. The van der Waals surface area contributed by atoms with Crippen molar-refractivity contribution in [2.45, 2.75) is 23.8 Å². The SMILES string of the molecule is COc1cccc(SCC(=O)NC(C)(CC(=O)O)c2cccc(OC)c2)c1. The predicted molar refractivity (Wildman–Crippen MR) is 104 cm³/mol. The summed E-state index contributed by atoms with van der Waals surface area (Å²) in [5.74, 6) is 0.221. The van der Waals surface area contributed by atoms with E-state index >= 15 is 0 Å². The number of benzene rings is 2. The number of amides is 1. The van der Waals surface area contributed by atoms with Crippen molar-refractivity contribution >= 4 is 23.6 Å². The van der Waals surface area contributed by atoms with Crippen LogP contribution in [0, 0.1) is 0 Å². The maximum Gasteiger partial charge on any atom is 0.306 e. The molecule has 2 aromatic rings. The van der Waals surface area contributed by atoms with Crippen LogP contribution in [-0.2, 0) is 15.1 Å². The van der Waals surface area contributed by atoms with Crippen LogP contribution in [0.15, 0.2) is 53.4 Å². The average Bonchev–Trinajstić information content (AvgIpc) is 2.66. The van der Waals surface area contributed by atoms with Gasteiger partial charge in [-0.3, -0.25) is 9.59 Å². The first-order valence-electron chi connectivity index (χ1n) is 8.30. The molecule has 0 bridgehead atoms. The molecule has 144 valence electrons. The molecule has 0 aromatic heterocycles. The predicted octanol–water partition coefficient (Wildman–Crippen LogP) is 3.30. The zero-order chi connectivity index (χ0) is 19.9. The molecule has 0 aliphatic heterocycles. The van der Waals surface area contributed by atoms with Crippen LogP contribution < -0.4 is 14.8 Å². The maximum atomic E-state index is 12.5. The van der Waals surface area contributed by atoms with Crippen LogP contribution in [-0.4, -0.2) is 37.0 Å². The lowest BCUT2D eigenvalue weighted by Gasteiger charge is -2.30. The summed E-state index contributed by atoms with van der Waals surface area (Å²) in [5.41, 5.74) is -0.379. The maximum absolute atomic E-state index is 12.5. The molecule has 0 spiro atoms. The number of carbonyl (C=O) groups is 2. The van der Waals surface area contributed by atoms with Gasteiger partial charge in [-0.2, -0.15) is 0 Å². The summed E-state index contributed by atoms with van der Waals surface area (Å²) in [5, 5.41) is 12.2. The number of ether oxygens (including phenoxy) is 2. The highest BCUT2D eigenvalue weighted by atomic mass is 32.2. The number of hydrogen-bond donors (Lipinski definition) is 2. The highest BCUT2D eigenvalue weighted by Gasteiger charge is 2.31. The molecule has 7 heteroatoms. The first-order chi connectivity index (χ1) is 12.9. The molecule has 27 heavy (non-hydrogen) atoms. The molecule has 0 saturated heterocycles. The molecule has 0 fully saturated rings. The summed E-state index contributed by atoms with van der Waals surface area (Å²) in [6.07, 6.45) is -0.240. The fourth-order valence-electron chi connectivity index (χ4n) is 2.67. The molecular formula is C20H23NO5S. The lowest BCUT2D eigenvalue weighted by atomic mass is 9.88. The zero-order valence-corrected chi connectivity index (χ0v) is 16.3. The van der Waals surface area contributed by atoms with Gasteiger partial charge in [-0.05, 0) is 42.8 Å². The van der Waals surface area contributed by atoms with Gasteiger partial charge in [0.25, 0.3) is 0 Å². The van der Waals surface area contributed by atoms with E-state index in [4.69, 9.17) is 9.47 Å². The number of methoxy groups -OCH3 is 2. The van der Waals surface area contributed by atoms with Crippen LogP contribution in [0.5, 0.6) is 11.5 Å². The second-order valence-corrected chi connectivity index (χ2v) is 7.20. The van der Waals surface area contributed by atoms with E-state index in [1.165, 1.54) is 18.9 Å². The topological polar surface area (TPSA) is 84.9 Å². The Balaban J connectivity index is 2.12. The van der Waals surface area contributed by atoms with Crippen LogP contribution >= 0.6 is 11.8 Å².